The average Bonchev–Trinajstić information content (AvgIpc) is 2.78. The second kappa shape index (κ2) is 7.17. The maximum Gasteiger partial charge on any atom is 0.0476 e. The van der Waals surface area contributed by atoms with E-state index in [1.807, 2.05) is 0 Å². The monoisotopic (exact) mass is 328 g/mol. The van der Waals surface area contributed by atoms with Crippen molar-refractivity contribution in [1.29, 1.82) is 0 Å². The highest BCUT2D eigenvalue weighted by Crippen LogP contribution is 2.45. The lowest BCUT2D eigenvalue weighted by Gasteiger charge is -2.48. The zero-order chi connectivity index (χ0) is 17.2. The molecule has 3 rings (SSSR count). The lowest BCUT2D eigenvalue weighted by molar-refractivity contribution is 0.0622. The number of nitrogens with one attached hydrogen (secondary N) is 1. The van der Waals surface area contributed by atoms with Gasteiger partial charge in [-0.05, 0) is 62.7 Å². The van der Waals surface area contributed by atoms with Crippen molar-refractivity contribution < 1.29 is 0 Å². The Morgan fingerprint density at radius 2 is 1.83 bits per heavy atom. The summed E-state index contributed by atoms with van der Waals surface area (Å²) in [6.45, 7) is 13.1. The number of rotatable bonds is 4. The standard InChI is InChI=1S/C22H36N2/c1-5-19(6-2)21(4)13-14-22(15-16-23-21)20-11-9-8-10-18(20)12-17-24(22)7-3/h8-11,19,23H,5-7,12-17H2,1-4H3. The number of hydrogen-bond donors (Lipinski definition) is 1. The van der Waals surface area contributed by atoms with Crippen LogP contribution in [0.4, 0.5) is 0 Å². The number of nitrogens with zero attached hydrogens (tertiary/aromatic N) is 1. The number of benzene rings is 1. The van der Waals surface area contributed by atoms with E-state index in [0.717, 1.165) is 19.0 Å². The minimum absolute atomic E-state index is 0.250. The molecule has 2 unspecified atom stereocenters. The molecule has 1 N–H and O–H groups in total. The van der Waals surface area contributed by atoms with Crippen LogP contribution in [-0.2, 0) is 12.0 Å². The van der Waals surface area contributed by atoms with E-state index in [9.17, 15) is 0 Å². The van der Waals surface area contributed by atoms with Crippen LogP contribution in [0.25, 0.3) is 0 Å². The van der Waals surface area contributed by atoms with Crippen molar-refractivity contribution in [3.8, 4) is 0 Å². The molecule has 24 heavy (non-hydrogen) atoms. The molecule has 0 aromatic heterocycles. The molecule has 2 aliphatic rings. The fourth-order valence-electron chi connectivity index (χ4n) is 5.65. The summed E-state index contributed by atoms with van der Waals surface area (Å²) in [6, 6.07) is 9.25. The second-order valence-corrected chi connectivity index (χ2v) is 8.13. The molecule has 2 heteroatoms. The maximum absolute atomic E-state index is 3.98. The maximum atomic E-state index is 3.98. The molecule has 0 aliphatic carbocycles. The Morgan fingerprint density at radius 3 is 2.54 bits per heavy atom. The minimum Gasteiger partial charge on any atom is -0.311 e. The smallest absolute Gasteiger partial charge is 0.0476 e. The van der Waals surface area contributed by atoms with E-state index < -0.39 is 0 Å². The Balaban J connectivity index is 1.95. The van der Waals surface area contributed by atoms with Gasteiger partial charge in [-0.2, -0.15) is 0 Å². The van der Waals surface area contributed by atoms with Crippen molar-refractivity contribution in [2.24, 2.45) is 5.92 Å². The normalized spacial score (nSPS) is 31.2. The molecule has 2 aliphatic heterocycles. The Kier molecular flexibility index (Phi) is 5.36. The second-order valence-electron chi connectivity index (χ2n) is 8.13. The summed E-state index contributed by atoms with van der Waals surface area (Å²) in [5.41, 5.74) is 3.75. The van der Waals surface area contributed by atoms with Gasteiger partial charge in [-0.3, -0.25) is 4.90 Å². The van der Waals surface area contributed by atoms with Gasteiger partial charge in [-0.15, -0.1) is 0 Å². The molecule has 1 fully saturated rings. The predicted molar refractivity (Wildman–Crippen MR) is 103 cm³/mol. The third-order valence-electron chi connectivity index (χ3n) is 7.17. The van der Waals surface area contributed by atoms with E-state index >= 15 is 0 Å². The van der Waals surface area contributed by atoms with E-state index in [2.05, 4.69) is 62.2 Å². The van der Waals surface area contributed by atoms with Crippen LogP contribution < -0.4 is 5.32 Å². The molecule has 0 amide bonds. The number of hydrogen-bond acceptors (Lipinski definition) is 2. The Labute approximate surface area is 149 Å². The van der Waals surface area contributed by atoms with E-state index in [-0.39, 0.29) is 5.54 Å². The van der Waals surface area contributed by atoms with Gasteiger partial charge in [0.25, 0.3) is 0 Å². The summed E-state index contributed by atoms with van der Waals surface area (Å²) in [4.78, 5) is 2.77. The molecule has 1 saturated heterocycles. The van der Waals surface area contributed by atoms with Crippen molar-refractivity contribution in [3.63, 3.8) is 0 Å². The SMILES string of the molecule is CCC(CC)C1(C)CCC2(CCN1)c1ccccc1CCN2CC. The van der Waals surface area contributed by atoms with Gasteiger partial charge in [0.15, 0.2) is 0 Å². The van der Waals surface area contributed by atoms with Crippen molar-refractivity contribution in [2.75, 3.05) is 19.6 Å². The molecule has 0 saturated carbocycles. The topological polar surface area (TPSA) is 15.3 Å². The molecule has 1 aromatic rings. The van der Waals surface area contributed by atoms with Crippen molar-refractivity contribution in [2.45, 2.75) is 77.3 Å². The molecule has 1 aromatic carbocycles. The zero-order valence-corrected chi connectivity index (χ0v) is 16.2. The van der Waals surface area contributed by atoms with Gasteiger partial charge in [0.2, 0.25) is 0 Å². The molecule has 1 spiro atoms. The van der Waals surface area contributed by atoms with Gasteiger partial charge in [0.1, 0.15) is 0 Å². The molecular weight excluding hydrogens is 292 g/mol. The summed E-state index contributed by atoms with van der Waals surface area (Å²) >= 11 is 0. The van der Waals surface area contributed by atoms with E-state index in [1.54, 1.807) is 11.1 Å². The van der Waals surface area contributed by atoms with Crippen LogP contribution in [0, 0.1) is 5.92 Å². The van der Waals surface area contributed by atoms with Gasteiger partial charge in [0, 0.05) is 17.6 Å². The summed E-state index contributed by atoms with van der Waals surface area (Å²) in [5.74, 6) is 0.779. The third-order valence-corrected chi connectivity index (χ3v) is 7.17. The Morgan fingerprint density at radius 1 is 1.08 bits per heavy atom. The molecule has 2 nitrogen and oxygen atoms in total. The lowest BCUT2D eigenvalue weighted by Crippen LogP contribution is -2.51. The van der Waals surface area contributed by atoms with Gasteiger partial charge in [-0.1, -0.05) is 57.9 Å². The van der Waals surface area contributed by atoms with Crippen LogP contribution in [-0.4, -0.2) is 30.1 Å². The molecular formula is C22H36N2. The molecule has 0 radical (unpaired) electrons. The fourth-order valence-corrected chi connectivity index (χ4v) is 5.65. The van der Waals surface area contributed by atoms with Crippen LogP contribution in [0.5, 0.6) is 0 Å². The highest BCUT2D eigenvalue weighted by Gasteiger charge is 2.45. The van der Waals surface area contributed by atoms with Crippen LogP contribution >= 0.6 is 0 Å². The average molecular weight is 329 g/mol. The quantitative estimate of drug-likeness (QED) is 0.859. The number of fused-ring (bicyclic) bond motifs is 2. The Hall–Kier alpha value is -0.860. The summed E-state index contributed by atoms with van der Waals surface area (Å²) in [7, 11) is 0. The summed E-state index contributed by atoms with van der Waals surface area (Å²) < 4.78 is 0. The molecule has 2 heterocycles. The van der Waals surface area contributed by atoms with Crippen LogP contribution in [0.15, 0.2) is 24.3 Å². The highest BCUT2D eigenvalue weighted by molar-refractivity contribution is 5.37. The largest absolute Gasteiger partial charge is 0.311 e. The first-order valence-corrected chi connectivity index (χ1v) is 10.2. The first-order chi connectivity index (χ1) is 11.6. The van der Waals surface area contributed by atoms with E-state index in [4.69, 9.17) is 0 Å². The lowest BCUT2D eigenvalue weighted by atomic mass is 9.72. The molecule has 134 valence electrons. The zero-order valence-electron chi connectivity index (χ0n) is 16.2. The summed E-state index contributed by atoms with van der Waals surface area (Å²) in [5, 5.41) is 3.98. The first kappa shape index (κ1) is 17.9. The van der Waals surface area contributed by atoms with Gasteiger partial charge in [-0.25, -0.2) is 0 Å². The molecule has 2 atom stereocenters. The van der Waals surface area contributed by atoms with Crippen LogP contribution in [0.1, 0.15) is 70.9 Å². The summed E-state index contributed by atoms with van der Waals surface area (Å²) in [6.07, 6.45) is 7.58. The minimum atomic E-state index is 0.250. The first-order valence-electron chi connectivity index (χ1n) is 10.2. The van der Waals surface area contributed by atoms with Crippen LogP contribution in [0.2, 0.25) is 0 Å². The fraction of sp³-hybridized carbons (Fsp3) is 0.727. The highest BCUT2D eigenvalue weighted by atomic mass is 15.2. The van der Waals surface area contributed by atoms with Crippen LogP contribution in [0.3, 0.4) is 0 Å². The van der Waals surface area contributed by atoms with Gasteiger partial charge in [0.05, 0.1) is 0 Å². The van der Waals surface area contributed by atoms with Gasteiger partial charge >= 0.3 is 0 Å². The van der Waals surface area contributed by atoms with Crippen molar-refractivity contribution in [3.05, 3.63) is 35.4 Å². The third kappa shape index (κ3) is 2.93. The Bertz CT molecular complexity index is 551. The van der Waals surface area contributed by atoms with Crippen molar-refractivity contribution >= 4 is 0 Å². The van der Waals surface area contributed by atoms with Gasteiger partial charge < -0.3 is 5.32 Å². The molecule has 0 bridgehead atoms. The van der Waals surface area contributed by atoms with Crippen molar-refractivity contribution in [1.82, 2.24) is 10.2 Å². The predicted octanol–water partition coefficient (Wildman–Crippen LogP) is 4.73. The van der Waals surface area contributed by atoms with E-state index in [1.165, 1.54) is 45.1 Å². The number of likely N-dealkylation sites (N-methyl/N-ethyl adjacent to an activating group) is 1. The van der Waals surface area contributed by atoms with E-state index in [0.29, 0.717) is 5.54 Å².